The molecule has 1 fully saturated rings. The summed E-state index contributed by atoms with van der Waals surface area (Å²) in [6.07, 6.45) is 11.6. The Hall–Kier alpha value is -0.640. The van der Waals surface area contributed by atoms with Crippen LogP contribution >= 0.6 is 0 Å². The SMILES string of the molecule is C[C@H]1C=C2C=C[C@H](C)[C@H](CCC3CC(O)CC(O)O3)[C@H]2CC1. The van der Waals surface area contributed by atoms with E-state index < -0.39 is 12.4 Å². The van der Waals surface area contributed by atoms with Crippen molar-refractivity contribution in [2.45, 2.75) is 70.9 Å². The van der Waals surface area contributed by atoms with Crippen LogP contribution in [0.2, 0.25) is 0 Å². The molecule has 0 aromatic heterocycles. The van der Waals surface area contributed by atoms with Crippen molar-refractivity contribution in [3.63, 3.8) is 0 Å². The van der Waals surface area contributed by atoms with Gasteiger partial charge in [0.05, 0.1) is 12.2 Å². The van der Waals surface area contributed by atoms with Crippen molar-refractivity contribution in [2.24, 2.45) is 23.7 Å². The van der Waals surface area contributed by atoms with Gasteiger partial charge in [0.25, 0.3) is 0 Å². The summed E-state index contributed by atoms with van der Waals surface area (Å²) in [6.45, 7) is 4.63. The lowest BCUT2D eigenvalue weighted by atomic mass is 9.66. The lowest BCUT2D eigenvalue weighted by molar-refractivity contribution is -0.191. The van der Waals surface area contributed by atoms with Crippen LogP contribution in [0.15, 0.2) is 23.8 Å². The van der Waals surface area contributed by atoms with Crippen LogP contribution in [0.25, 0.3) is 0 Å². The van der Waals surface area contributed by atoms with E-state index in [0.717, 1.165) is 12.8 Å². The fourth-order valence-electron chi connectivity index (χ4n) is 4.55. The summed E-state index contributed by atoms with van der Waals surface area (Å²) in [7, 11) is 0. The van der Waals surface area contributed by atoms with Crippen LogP contribution in [-0.2, 0) is 4.74 Å². The van der Waals surface area contributed by atoms with Crippen molar-refractivity contribution < 1.29 is 14.9 Å². The van der Waals surface area contributed by atoms with E-state index in [4.69, 9.17) is 4.74 Å². The van der Waals surface area contributed by atoms with Gasteiger partial charge in [0.1, 0.15) is 0 Å². The fraction of sp³-hybridized carbons (Fsp3) is 0.789. The van der Waals surface area contributed by atoms with Crippen molar-refractivity contribution in [3.05, 3.63) is 23.8 Å². The van der Waals surface area contributed by atoms with Gasteiger partial charge in [-0.3, -0.25) is 0 Å². The third-order valence-electron chi connectivity index (χ3n) is 5.80. The van der Waals surface area contributed by atoms with Gasteiger partial charge in [0.15, 0.2) is 6.29 Å². The number of hydrogen-bond acceptors (Lipinski definition) is 3. The highest BCUT2D eigenvalue weighted by atomic mass is 16.6. The molecular weight excluding hydrogens is 276 g/mol. The smallest absolute Gasteiger partial charge is 0.157 e. The molecular formula is C19H30O3. The molecule has 0 radical (unpaired) electrons. The Kier molecular flexibility index (Phi) is 5.06. The zero-order chi connectivity index (χ0) is 15.7. The highest BCUT2D eigenvalue weighted by Crippen LogP contribution is 2.43. The quantitative estimate of drug-likeness (QED) is 0.840. The van der Waals surface area contributed by atoms with Crippen LogP contribution in [-0.4, -0.2) is 28.7 Å². The molecule has 0 spiro atoms. The van der Waals surface area contributed by atoms with Crippen LogP contribution in [0.1, 0.15) is 52.4 Å². The molecule has 0 amide bonds. The minimum atomic E-state index is -0.789. The fourth-order valence-corrected chi connectivity index (χ4v) is 4.55. The number of allylic oxidation sites excluding steroid dienone is 4. The minimum absolute atomic E-state index is 0.00630. The Balaban J connectivity index is 1.61. The van der Waals surface area contributed by atoms with E-state index in [2.05, 4.69) is 32.1 Å². The topological polar surface area (TPSA) is 49.7 Å². The summed E-state index contributed by atoms with van der Waals surface area (Å²) in [5.41, 5.74) is 1.53. The molecule has 2 aliphatic carbocycles. The Bertz CT molecular complexity index is 432. The summed E-state index contributed by atoms with van der Waals surface area (Å²) in [6, 6.07) is 0. The Morgan fingerprint density at radius 3 is 2.73 bits per heavy atom. The third kappa shape index (κ3) is 3.64. The summed E-state index contributed by atoms with van der Waals surface area (Å²) in [5, 5.41) is 19.4. The molecule has 0 saturated carbocycles. The predicted molar refractivity (Wildman–Crippen MR) is 87.1 cm³/mol. The third-order valence-corrected chi connectivity index (χ3v) is 5.80. The largest absolute Gasteiger partial charge is 0.393 e. The lowest BCUT2D eigenvalue weighted by Crippen LogP contribution is -2.36. The zero-order valence-electron chi connectivity index (χ0n) is 13.8. The van der Waals surface area contributed by atoms with Crippen LogP contribution in [0.4, 0.5) is 0 Å². The van der Waals surface area contributed by atoms with E-state index in [-0.39, 0.29) is 6.10 Å². The van der Waals surface area contributed by atoms with E-state index in [9.17, 15) is 10.2 Å². The summed E-state index contributed by atoms with van der Waals surface area (Å²) in [5.74, 6) is 2.67. The highest BCUT2D eigenvalue weighted by molar-refractivity contribution is 5.29. The summed E-state index contributed by atoms with van der Waals surface area (Å²) >= 11 is 0. The van der Waals surface area contributed by atoms with Gasteiger partial charge >= 0.3 is 0 Å². The Morgan fingerprint density at radius 1 is 1.14 bits per heavy atom. The van der Waals surface area contributed by atoms with Gasteiger partial charge in [0, 0.05) is 6.42 Å². The average molecular weight is 306 g/mol. The molecule has 1 aliphatic heterocycles. The maximum absolute atomic E-state index is 9.80. The normalized spacial score (nSPS) is 45.3. The molecule has 0 aromatic rings. The Labute approximate surface area is 134 Å². The first kappa shape index (κ1) is 16.2. The van der Waals surface area contributed by atoms with Gasteiger partial charge in [0.2, 0.25) is 0 Å². The van der Waals surface area contributed by atoms with Crippen LogP contribution in [0.3, 0.4) is 0 Å². The first-order valence-corrected chi connectivity index (χ1v) is 8.94. The number of rotatable bonds is 3. The summed E-state index contributed by atoms with van der Waals surface area (Å²) < 4.78 is 5.60. The van der Waals surface area contributed by atoms with E-state index >= 15 is 0 Å². The van der Waals surface area contributed by atoms with Crippen LogP contribution < -0.4 is 0 Å². The number of fused-ring (bicyclic) bond motifs is 1. The van der Waals surface area contributed by atoms with E-state index in [1.54, 1.807) is 0 Å². The molecule has 0 aromatic carbocycles. The Morgan fingerprint density at radius 2 is 1.95 bits per heavy atom. The molecule has 0 bridgehead atoms. The average Bonchev–Trinajstić information content (AvgIpc) is 2.45. The van der Waals surface area contributed by atoms with E-state index in [1.165, 1.54) is 18.4 Å². The standard InChI is InChI=1S/C19H30O3/c1-12-3-7-18-14(9-12)5-4-13(2)17(18)8-6-16-10-15(20)11-19(21)22-16/h4-5,9,12-13,15-21H,3,6-8,10-11H2,1-2H3/t12-,13+,15?,16?,17+,18+,19?/m1/s1. The molecule has 3 heteroatoms. The zero-order valence-corrected chi connectivity index (χ0v) is 13.8. The summed E-state index contributed by atoms with van der Waals surface area (Å²) in [4.78, 5) is 0. The minimum Gasteiger partial charge on any atom is -0.393 e. The molecule has 3 unspecified atom stereocenters. The van der Waals surface area contributed by atoms with E-state index in [0.29, 0.717) is 36.5 Å². The molecule has 1 heterocycles. The van der Waals surface area contributed by atoms with Crippen molar-refractivity contribution in [3.8, 4) is 0 Å². The molecule has 2 N–H and O–H groups in total. The molecule has 22 heavy (non-hydrogen) atoms. The second-order valence-electron chi connectivity index (χ2n) is 7.63. The maximum atomic E-state index is 9.80. The van der Waals surface area contributed by atoms with Crippen molar-refractivity contribution in [2.75, 3.05) is 0 Å². The molecule has 3 rings (SSSR count). The van der Waals surface area contributed by atoms with Crippen molar-refractivity contribution in [1.29, 1.82) is 0 Å². The monoisotopic (exact) mass is 306 g/mol. The number of ether oxygens (including phenoxy) is 1. The molecule has 124 valence electrons. The van der Waals surface area contributed by atoms with Gasteiger partial charge in [-0.25, -0.2) is 0 Å². The number of aliphatic hydroxyl groups is 2. The number of aliphatic hydroxyl groups excluding tert-OH is 2. The van der Waals surface area contributed by atoms with Crippen LogP contribution in [0.5, 0.6) is 0 Å². The first-order valence-electron chi connectivity index (χ1n) is 8.94. The second kappa shape index (κ2) is 6.86. The molecule has 3 aliphatic rings. The first-order chi connectivity index (χ1) is 10.5. The van der Waals surface area contributed by atoms with Gasteiger partial charge < -0.3 is 14.9 Å². The predicted octanol–water partition coefficient (Wildman–Crippen LogP) is 3.42. The van der Waals surface area contributed by atoms with E-state index in [1.807, 2.05) is 0 Å². The van der Waals surface area contributed by atoms with Gasteiger partial charge in [-0.05, 0) is 61.3 Å². The number of hydrogen-bond donors (Lipinski definition) is 2. The molecule has 7 atom stereocenters. The second-order valence-corrected chi connectivity index (χ2v) is 7.63. The van der Waals surface area contributed by atoms with Gasteiger partial charge in [-0.1, -0.05) is 32.1 Å². The van der Waals surface area contributed by atoms with Crippen molar-refractivity contribution in [1.82, 2.24) is 0 Å². The van der Waals surface area contributed by atoms with Gasteiger partial charge in [-0.2, -0.15) is 0 Å². The molecule has 3 nitrogen and oxygen atoms in total. The van der Waals surface area contributed by atoms with Gasteiger partial charge in [-0.15, -0.1) is 0 Å². The lowest BCUT2D eigenvalue weighted by Gasteiger charge is -2.39. The maximum Gasteiger partial charge on any atom is 0.157 e. The van der Waals surface area contributed by atoms with Crippen molar-refractivity contribution >= 4 is 0 Å². The van der Waals surface area contributed by atoms with Crippen LogP contribution in [0, 0.1) is 23.7 Å². The highest BCUT2D eigenvalue weighted by Gasteiger charge is 2.34. The molecule has 1 saturated heterocycles.